The van der Waals surface area contributed by atoms with Gasteiger partial charge in [0.05, 0.1) is 0 Å². The first-order valence-corrected chi connectivity index (χ1v) is 14.5. The lowest BCUT2D eigenvalue weighted by Gasteiger charge is -2.13. The standard InChI is InChI=1S/C33H28.C4H8.C2H6/c1-23-14-17-26(18-15-23)27-9-6-10-28(20-27)29-11-7-12-30(21-29)31-19-16-25(3)33(22-31)32-13-5-4-8-24(32)2;1-2-4-3-1;1-2/h4-22H,1-3H3;1-4H2;1-2H3. The molecular weight excluding hydrogens is 468 g/mol. The number of rotatable bonds is 4. The average Bonchev–Trinajstić information content (AvgIpc) is 2.95. The molecule has 0 aromatic heterocycles. The van der Waals surface area contributed by atoms with Crippen LogP contribution in [-0.4, -0.2) is 0 Å². The molecular formula is C39H42. The Morgan fingerprint density at radius 1 is 0.359 bits per heavy atom. The highest BCUT2D eigenvalue weighted by atomic mass is 14.1. The van der Waals surface area contributed by atoms with Crippen molar-refractivity contribution in [1.29, 1.82) is 0 Å². The van der Waals surface area contributed by atoms with Crippen molar-refractivity contribution in [1.82, 2.24) is 0 Å². The van der Waals surface area contributed by atoms with Crippen LogP contribution >= 0.6 is 0 Å². The SMILES string of the molecule is C1CCC1.CC.Cc1ccc(-c2cccc(-c3cccc(-c4ccc(C)c(-c5ccccc5C)c4)c3)c2)cc1. The molecule has 0 aliphatic heterocycles. The van der Waals surface area contributed by atoms with Crippen molar-refractivity contribution in [3.63, 3.8) is 0 Å². The van der Waals surface area contributed by atoms with Crippen molar-refractivity contribution in [3.8, 4) is 44.5 Å². The molecule has 0 saturated heterocycles. The van der Waals surface area contributed by atoms with Gasteiger partial charge in [-0.15, -0.1) is 0 Å². The largest absolute Gasteiger partial charge is 0.0683 e. The molecule has 0 N–H and O–H groups in total. The molecule has 0 spiro atoms. The van der Waals surface area contributed by atoms with Crippen LogP contribution in [0.2, 0.25) is 0 Å². The van der Waals surface area contributed by atoms with Crippen LogP contribution < -0.4 is 0 Å². The highest BCUT2D eigenvalue weighted by molar-refractivity contribution is 5.80. The second kappa shape index (κ2) is 13.8. The molecule has 0 heteroatoms. The van der Waals surface area contributed by atoms with Crippen LogP contribution in [0.4, 0.5) is 0 Å². The average molecular weight is 511 g/mol. The van der Waals surface area contributed by atoms with Gasteiger partial charge in [-0.1, -0.05) is 142 Å². The first-order valence-electron chi connectivity index (χ1n) is 14.5. The molecule has 5 aromatic carbocycles. The number of aryl methyl sites for hydroxylation is 3. The third-order valence-electron chi connectivity index (χ3n) is 7.45. The molecule has 5 aromatic rings. The zero-order valence-corrected chi connectivity index (χ0v) is 24.3. The van der Waals surface area contributed by atoms with Gasteiger partial charge in [0.1, 0.15) is 0 Å². The normalized spacial score (nSPS) is 11.8. The van der Waals surface area contributed by atoms with E-state index in [4.69, 9.17) is 0 Å². The summed E-state index contributed by atoms with van der Waals surface area (Å²) in [5, 5.41) is 0. The second-order valence-electron chi connectivity index (χ2n) is 10.3. The maximum absolute atomic E-state index is 2.33. The molecule has 0 amide bonds. The third-order valence-corrected chi connectivity index (χ3v) is 7.45. The van der Waals surface area contributed by atoms with Crippen molar-refractivity contribution in [2.45, 2.75) is 60.3 Å². The van der Waals surface area contributed by atoms with Gasteiger partial charge in [0.2, 0.25) is 0 Å². The molecule has 1 saturated carbocycles. The predicted molar refractivity (Wildman–Crippen MR) is 172 cm³/mol. The van der Waals surface area contributed by atoms with Crippen LogP contribution in [0.15, 0.2) is 115 Å². The molecule has 6 rings (SSSR count). The zero-order chi connectivity index (χ0) is 27.6. The Kier molecular flexibility index (Phi) is 9.92. The first-order chi connectivity index (χ1) is 19.1. The highest BCUT2D eigenvalue weighted by Gasteiger charge is 2.09. The van der Waals surface area contributed by atoms with Gasteiger partial charge in [-0.3, -0.25) is 0 Å². The Labute approximate surface area is 236 Å². The van der Waals surface area contributed by atoms with Gasteiger partial charge < -0.3 is 0 Å². The van der Waals surface area contributed by atoms with E-state index in [1.54, 1.807) is 0 Å². The van der Waals surface area contributed by atoms with E-state index in [1.165, 1.54) is 86.9 Å². The summed E-state index contributed by atoms with van der Waals surface area (Å²) < 4.78 is 0. The van der Waals surface area contributed by atoms with Gasteiger partial charge in [0.25, 0.3) is 0 Å². The fourth-order valence-electron chi connectivity index (χ4n) is 4.72. The van der Waals surface area contributed by atoms with Gasteiger partial charge in [-0.2, -0.15) is 0 Å². The molecule has 1 fully saturated rings. The van der Waals surface area contributed by atoms with Crippen LogP contribution in [0.3, 0.4) is 0 Å². The maximum Gasteiger partial charge on any atom is -0.0146 e. The Hall–Kier alpha value is -3.90. The lowest BCUT2D eigenvalue weighted by atomic mass is 9.91. The summed E-state index contributed by atoms with van der Waals surface area (Å²) in [6.45, 7) is 10.5. The summed E-state index contributed by atoms with van der Waals surface area (Å²) in [4.78, 5) is 0. The Morgan fingerprint density at radius 3 is 1.31 bits per heavy atom. The van der Waals surface area contributed by atoms with Crippen molar-refractivity contribution in [2.75, 3.05) is 0 Å². The van der Waals surface area contributed by atoms with E-state index in [0.717, 1.165) is 0 Å². The van der Waals surface area contributed by atoms with Crippen molar-refractivity contribution >= 4 is 0 Å². The Balaban J connectivity index is 0.000000530. The molecule has 0 unspecified atom stereocenters. The molecule has 39 heavy (non-hydrogen) atoms. The molecule has 198 valence electrons. The van der Waals surface area contributed by atoms with Crippen molar-refractivity contribution in [2.24, 2.45) is 0 Å². The molecule has 0 atom stereocenters. The predicted octanol–water partition coefficient (Wildman–Crippen LogP) is 11.9. The smallest absolute Gasteiger partial charge is 0.0146 e. The van der Waals surface area contributed by atoms with Gasteiger partial charge in [-0.25, -0.2) is 0 Å². The maximum atomic E-state index is 2.33. The summed E-state index contributed by atoms with van der Waals surface area (Å²) in [6.07, 6.45) is 6.00. The van der Waals surface area contributed by atoms with E-state index >= 15 is 0 Å². The first kappa shape index (κ1) is 28.1. The quantitative estimate of drug-likeness (QED) is 0.225. The fourth-order valence-corrected chi connectivity index (χ4v) is 4.72. The van der Waals surface area contributed by atoms with E-state index in [0.29, 0.717) is 0 Å². The van der Waals surface area contributed by atoms with E-state index in [-0.39, 0.29) is 0 Å². The molecule has 0 heterocycles. The van der Waals surface area contributed by atoms with Gasteiger partial charge in [0, 0.05) is 0 Å². The lowest BCUT2D eigenvalue weighted by molar-refractivity contribution is 0.504. The molecule has 0 nitrogen and oxygen atoms in total. The summed E-state index contributed by atoms with van der Waals surface area (Å²) in [5.41, 5.74) is 13.9. The van der Waals surface area contributed by atoms with E-state index in [1.807, 2.05) is 13.8 Å². The number of benzene rings is 5. The van der Waals surface area contributed by atoms with E-state index < -0.39 is 0 Å². The van der Waals surface area contributed by atoms with Gasteiger partial charge in [-0.05, 0) is 94.6 Å². The lowest BCUT2D eigenvalue weighted by Crippen LogP contribution is -1.89. The summed E-state index contributed by atoms with van der Waals surface area (Å²) in [6, 6.07) is 41.9. The highest BCUT2D eigenvalue weighted by Crippen LogP contribution is 2.34. The second-order valence-corrected chi connectivity index (χ2v) is 10.3. The minimum Gasteiger partial charge on any atom is -0.0683 e. The minimum absolute atomic E-state index is 1.24. The van der Waals surface area contributed by atoms with Gasteiger partial charge in [0.15, 0.2) is 0 Å². The van der Waals surface area contributed by atoms with Gasteiger partial charge >= 0.3 is 0 Å². The Morgan fingerprint density at radius 2 is 0.795 bits per heavy atom. The summed E-state index contributed by atoms with van der Waals surface area (Å²) in [5.74, 6) is 0. The Bertz CT molecular complexity index is 1480. The molecule has 1 aliphatic carbocycles. The number of hydrogen-bond acceptors (Lipinski definition) is 0. The fraction of sp³-hybridized carbons (Fsp3) is 0.231. The molecule has 0 bridgehead atoms. The molecule has 1 aliphatic rings. The van der Waals surface area contributed by atoms with Crippen LogP contribution in [-0.2, 0) is 0 Å². The summed E-state index contributed by atoms with van der Waals surface area (Å²) in [7, 11) is 0. The molecule has 0 radical (unpaired) electrons. The van der Waals surface area contributed by atoms with Crippen LogP contribution in [0.1, 0.15) is 56.2 Å². The van der Waals surface area contributed by atoms with Crippen molar-refractivity contribution in [3.05, 3.63) is 132 Å². The van der Waals surface area contributed by atoms with Crippen LogP contribution in [0.5, 0.6) is 0 Å². The summed E-state index contributed by atoms with van der Waals surface area (Å²) >= 11 is 0. The zero-order valence-electron chi connectivity index (χ0n) is 24.3. The third kappa shape index (κ3) is 7.15. The topological polar surface area (TPSA) is 0 Å². The van der Waals surface area contributed by atoms with E-state index in [9.17, 15) is 0 Å². The minimum atomic E-state index is 1.24. The number of hydrogen-bond donors (Lipinski definition) is 0. The van der Waals surface area contributed by atoms with Crippen LogP contribution in [0, 0.1) is 20.8 Å². The van der Waals surface area contributed by atoms with Crippen LogP contribution in [0.25, 0.3) is 44.5 Å². The van der Waals surface area contributed by atoms with Crippen molar-refractivity contribution < 1.29 is 0 Å². The van der Waals surface area contributed by atoms with E-state index in [2.05, 4.69) is 136 Å². The monoisotopic (exact) mass is 510 g/mol.